The van der Waals surface area contributed by atoms with Crippen LogP contribution in [0.25, 0.3) is 0 Å². The molecule has 2 N–H and O–H groups in total. The summed E-state index contributed by atoms with van der Waals surface area (Å²) in [5.41, 5.74) is 0. The second-order valence-electron chi connectivity index (χ2n) is 7.05. The lowest BCUT2D eigenvalue weighted by molar-refractivity contribution is 0.128. The molecule has 1 heterocycles. The van der Waals surface area contributed by atoms with Gasteiger partial charge in [0, 0.05) is 39.3 Å². The zero-order valence-corrected chi connectivity index (χ0v) is 17.7. The summed E-state index contributed by atoms with van der Waals surface area (Å²) >= 11 is 0. The standard InChI is InChI=1S/C21H36N4O3/c1-5-22-21(24-18-10-12-25(13-11-18)14-15-26-3)23-16-17(2)28-20-9-7-6-8-19(20)27-4/h6-9,17-18H,5,10-16H2,1-4H3,(H2,22,23,24). The van der Waals surface area contributed by atoms with Gasteiger partial charge in [-0.2, -0.15) is 0 Å². The Morgan fingerprint density at radius 2 is 1.93 bits per heavy atom. The highest BCUT2D eigenvalue weighted by Gasteiger charge is 2.19. The molecule has 2 rings (SSSR count). The number of rotatable bonds is 10. The van der Waals surface area contributed by atoms with Crippen LogP contribution < -0.4 is 20.1 Å². The summed E-state index contributed by atoms with van der Waals surface area (Å²) in [4.78, 5) is 7.18. The molecular weight excluding hydrogens is 356 g/mol. The summed E-state index contributed by atoms with van der Waals surface area (Å²) < 4.78 is 16.5. The highest BCUT2D eigenvalue weighted by molar-refractivity contribution is 5.80. The maximum Gasteiger partial charge on any atom is 0.191 e. The summed E-state index contributed by atoms with van der Waals surface area (Å²) in [5, 5.41) is 6.92. The number of likely N-dealkylation sites (tertiary alicyclic amines) is 1. The van der Waals surface area contributed by atoms with Gasteiger partial charge in [0.05, 0.1) is 20.3 Å². The minimum atomic E-state index is -0.0531. The smallest absolute Gasteiger partial charge is 0.191 e. The van der Waals surface area contributed by atoms with Crippen LogP contribution in [-0.4, -0.2) is 76.6 Å². The number of hydrogen-bond donors (Lipinski definition) is 2. The van der Waals surface area contributed by atoms with E-state index in [2.05, 4.69) is 22.5 Å². The van der Waals surface area contributed by atoms with Crippen molar-refractivity contribution in [1.82, 2.24) is 15.5 Å². The Kier molecular flexibility index (Phi) is 9.93. The summed E-state index contributed by atoms with van der Waals surface area (Å²) in [6.45, 7) is 9.50. The highest BCUT2D eigenvalue weighted by Crippen LogP contribution is 2.26. The molecule has 1 unspecified atom stereocenters. The van der Waals surface area contributed by atoms with Gasteiger partial charge >= 0.3 is 0 Å². The molecule has 0 aromatic heterocycles. The third kappa shape index (κ3) is 7.56. The van der Waals surface area contributed by atoms with E-state index in [1.165, 1.54) is 0 Å². The molecule has 1 aliphatic rings. The Morgan fingerprint density at radius 1 is 1.21 bits per heavy atom. The van der Waals surface area contributed by atoms with E-state index in [9.17, 15) is 0 Å². The minimum absolute atomic E-state index is 0.0531. The first kappa shape index (κ1) is 22.3. The van der Waals surface area contributed by atoms with Crippen molar-refractivity contribution in [3.8, 4) is 11.5 Å². The van der Waals surface area contributed by atoms with Crippen molar-refractivity contribution in [1.29, 1.82) is 0 Å². The summed E-state index contributed by atoms with van der Waals surface area (Å²) in [7, 11) is 3.41. The average Bonchev–Trinajstić information content (AvgIpc) is 2.72. The first-order valence-corrected chi connectivity index (χ1v) is 10.2. The third-order valence-electron chi connectivity index (χ3n) is 4.79. The predicted molar refractivity (Wildman–Crippen MR) is 114 cm³/mol. The van der Waals surface area contributed by atoms with E-state index in [0.717, 1.165) is 63.1 Å². The van der Waals surface area contributed by atoms with Crippen LogP contribution in [0.5, 0.6) is 11.5 Å². The van der Waals surface area contributed by atoms with Crippen molar-refractivity contribution >= 4 is 5.96 Å². The lowest BCUT2D eigenvalue weighted by Crippen LogP contribution is -2.49. The van der Waals surface area contributed by atoms with Crippen molar-refractivity contribution in [2.75, 3.05) is 53.6 Å². The fourth-order valence-corrected chi connectivity index (χ4v) is 3.22. The summed E-state index contributed by atoms with van der Waals surface area (Å²) in [5.74, 6) is 2.34. The molecule has 1 aliphatic heterocycles. The Labute approximate surface area is 169 Å². The molecule has 1 fully saturated rings. The fraction of sp³-hybridized carbons (Fsp3) is 0.667. The first-order chi connectivity index (χ1) is 13.7. The molecule has 28 heavy (non-hydrogen) atoms. The Hall–Kier alpha value is -1.99. The summed E-state index contributed by atoms with van der Waals surface area (Å²) in [6.07, 6.45) is 2.17. The van der Waals surface area contributed by atoms with E-state index in [1.54, 1.807) is 14.2 Å². The number of benzene rings is 1. The molecule has 7 heteroatoms. The molecule has 1 saturated heterocycles. The number of hydrogen-bond acceptors (Lipinski definition) is 5. The van der Waals surface area contributed by atoms with Crippen LogP contribution in [0.15, 0.2) is 29.3 Å². The zero-order valence-electron chi connectivity index (χ0n) is 17.7. The van der Waals surface area contributed by atoms with E-state index >= 15 is 0 Å². The number of nitrogens with one attached hydrogen (secondary N) is 2. The van der Waals surface area contributed by atoms with Gasteiger partial charge < -0.3 is 29.7 Å². The first-order valence-electron chi connectivity index (χ1n) is 10.2. The second-order valence-corrected chi connectivity index (χ2v) is 7.05. The number of piperidine rings is 1. The van der Waals surface area contributed by atoms with E-state index in [4.69, 9.17) is 19.2 Å². The van der Waals surface area contributed by atoms with Crippen molar-refractivity contribution < 1.29 is 14.2 Å². The van der Waals surface area contributed by atoms with Gasteiger partial charge in [-0.25, -0.2) is 4.99 Å². The SMILES string of the molecule is CCNC(=NCC(C)Oc1ccccc1OC)NC1CCN(CCOC)CC1. The Balaban J connectivity index is 1.83. The largest absolute Gasteiger partial charge is 0.493 e. The number of guanidine groups is 1. The van der Waals surface area contributed by atoms with Gasteiger partial charge in [-0.1, -0.05) is 12.1 Å². The number of para-hydroxylation sites is 2. The monoisotopic (exact) mass is 392 g/mol. The zero-order chi connectivity index (χ0) is 20.2. The van der Waals surface area contributed by atoms with Gasteiger partial charge in [-0.15, -0.1) is 0 Å². The lowest BCUT2D eigenvalue weighted by Gasteiger charge is -2.33. The van der Waals surface area contributed by atoms with Gasteiger partial charge in [0.25, 0.3) is 0 Å². The molecule has 1 aromatic rings. The molecular formula is C21H36N4O3. The molecule has 1 atom stereocenters. The van der Waals surface area contributed by atoms with Crippen molar-refractivity contribution in [3.63, 3.8) is 0 Å². The molecule has 158 valence electrons. The maximum absolute atomic E-state index is 6.00. The lowest BCUT2D eigenvalue weighted by atomic mass is 10.1. The quantitative estimate of drug-likeness (QED) is 0.470. The third-order valence-corrected chi connectivity index (χ3v) is 4.79. The number of methoxy groups -OCH3 is 2. The Morgan fingerprint density at radius 3 is 2.57 bits per heavy atom. The molecule has 0 amide bonds. The molecule has 0 saturated carbocycles. The van der Waals surface area contributed by atoms with Crippen LogP contribution in [0.3, 0.4) is 0 Å². The van der Waals surface area contributed by atoms with Crippen molar-refractivity contribution in [3.05, 3.63) is 24.3 Å². The average molecular weight is 393 g/mol. The Bertz CT molecular complexity index is 589. The van der Waals surface area contributed by atoms with Crippen LogP contribution >= 0.6 is 0 Å². The molecule has 0 spiro atoms. The van der Waals surface area contributed by atoms with E-state index in [0.29, 0.717) is 12.6 Å². The van der Waals surface area contributed by atoms with Gasteiger partial charge in [-0.05, 0) is 38.8 Å². The van der Waals surface area contributed by atoms with E-state index in [-0.39, 0.29) is 6.10 Å². The number of ether oxygens (including phenoxy) is 3. The van der Waals surface area contributed by atoms with Crippen LogP contribution in [0, 0.1) is 0 Å². The van der Waals surface area contributed by atoms with Crippen molar-refractivity contribution in [2.24, 2.45) is 4.99 Å². The molecule has 0 bridgehead atoms. The molecule has 0 radical (unpaired) electrons. The highest BCUT2D eigenvalue weighted by atomic mass is 16.5. The molecule has 7 nitrogen and oxygen atoms in total. The fourth-order valence-electron chi connectivity index (χ4n) is 3.22. The van der Waals surface area contributed by atoms with Crippen LogP contribution in [0.1, 0.15) is 26.7 Å². The molecule has 1 aromatic carbocycles. The van der Waals surface area contributed by atoms with Gasteiger partial charge in [0.15, 0.2) is 17.5 Å². The van der Waals surface area contributed by atoms with Gasteiger partial charge in [0.1, 0.15) is 6.10 Å². The topological polar surface area (TPSA) is 67.4 Å². The number of nitrogens with zero attached hydrogens (tertiary/aromatic N) is 2. The minimum Gasteiger partial charge on any atom is -0.493 e. The van der Waals surface area contributed by atoms with Gasteiger partial charge in [0.2, 0.25) is 0 Å². The van der Waals surface area contributed by atoms with Crippen molar-refractivity contribution in [2.45, 2.75) is 38.8 Å². The second kappa shape index (κ2) is 12.5. The molecule has 0 aliphatic carbocycles. The van der Waals surface area contributed by atoms with Crippen LogP contribution in [-0.2, 0) is 4.74 Å². The number of aliphatic imine (C=N–C) groups is 1. The maximum atomic E-state index is 6.00. The predicted octanol–water partition coefficient (Wildman–Crippen LogP) is 2.13. The van der Waals surface area contributed by atoms with E-state index < -0.39 is 0 Å². The van der Waals surface area contributed by atoms with Gasteiger partial charge in [-0.3, -0.25) is 0 Å². The van der Waals surface area contributed by atoms with Crippen LogP contribution in [0.4, 0.5) is 0 Å². The summed E-state index contributed by atoms with van der Waals surface area (Å²) in [6, 6.07) is 8.14. The van der Waals surface area contributed by atoms with Crippen LogP contribution in [0.2, 0.25) is 0 Å². The van der Waals surface area contributed by atoms with E-state index in [1.807, 2.05) is 31.2 Å². The normalized spacial score (nSPS) is 17.2.